The van der Waals surface area contributed by atoms with E-state index in [2.05, 4.69) is 10.3 Å². The molecule has 1 amide bonds. The van der Waals surface area contributed by atoms with Gasteiger partial charge in [0, 0.05) is 23.5 Å². The largest absolute Gasteiger partial charge is 0.481 e. The maximum absolute atomic E-state index is 12.8. The highest BCUT2D eigenvalue weighted by atomic mass is 19.1. The van der Waals surface area contributed by atoms with E-state index in [1.807, 2.05) is 0 Å². The van der Waals surface area contributed by atoms with Crippen LogP contribution < -0.4 is 10.1 Å². The van der Waals surface area contributed by atoms with Crippen LogP contribution in [0.5, 0.6) is 5.88 Å². The summed E-state index contributed by atoms with van der Waals surface area (Å²) in [5.74, 6) is -0.264. The molecule has 98 valence electrons. The molecule has 0 aliphatic carbocycles. The fraction of sp³-hybridized carbons (Fsp3) is 0.143. The summed E-state index contributed by atoms with van der Waals surface area (Å²) in [4.78, 5) is 16.1. The third kappa shape index (κ3) is 3.07. The van der Waals surface area contributed by atoms with Crippen molar-refractivity contribution < 1.29 is 13.9 Å². The highest BCUT2D eigenvalue weighted by Gasteiger charge is 2.11. The average Bonchev–Trinajstić information content (AvgIpc) is 2.42. The van der Waals surface area contributed by atoms with Crippen LogP contribution in [0.4, 0.5) is 10.1 Å². The summed E-state index contributed by atoms with van der Waals surface area (Å²) >= 11 is 0. The van der Waals surface area contributed by atoms with Crippen molar-refractivity contribution in [3.63, 3.8) is 0 Å². The maximum atomic E-state index is 12.8. The number of hydrogen-bond acceptors (Lipinski definition) is 3. The van der Waals surface area contributed by atoms with Crippen LogP contribution in [0.25, 0.3) is 0 Å². The zero-order chi connectivity index (χ0) is 13.8. The summed E-state index contributed by atoms with van der Waals surface area (Å²) in [6.45, 7) is 1.78. The lowest BCUT2D eigenvalue weighted by atomic mass is 10.1. The molecule has 2 aromatic rings. The highest BCUT2D eigenvalue weighted by molar-refractivity contribution is 6.05. The lowest BCUT2D eigenvalue weighted by molar-refractivity contribution is 0.102. The van der Waals surface area contributed by atoms with Gasteiger partial charge in [-0.25, -0.2) is 9.37 Å². The van der Waals surface area contributed by atoms with E-state index in [1.54, 1.807) is 19.2 Å². The molecule has 1 aromatic carbocycles. The monoisotopic (exact) mass is 260 g/mol. The Labute approximate surface area is 110 Å². The molecule has 0 unspecified atom stereocenters. The predicted molar refractivity (Wildman–Crippen MR) is 69.9 cm³/mol. The summed E-state index contributed by atoms with van der Waals surface area (Å²) in [6.07, 6.45) is 1.57. The van der Waals surface area contributed by atoms with Gasteiger partial charge in [0.1, 0.15) is 5.82 Å². The number of aryl methyl sites for hydroxylation is 1. The molecule has 19 heavy (non-hydrogen) atoms. The minimum Gasteiger partial charge on any atom is -0.481 e. The number of amides is 1. The smallest absolute Gasteiger partial charge is 0.256 e. The lowest BCUT2D eigenvalue weighted by Crippen LogP contribution is -2.13. The minimum atomic E-state index is -0.347. The first kappa shape index (κ1) is 13.0. The summed E-state index contributed by atoms with van der Waals surface area (Å²) in [6, 6.07) is 7.14. The van der Waals surface area contributed by atoms with E-state index >= 15 is 0 Å². The van der Waals surface area contributed by atoms with Crippen LogP contribution in [0, 0.1) is 12.7 Å². The van der Waals surface area contributed by atoms with E-state index in [-0.39, 0.29) is 11.7 Å². The van der Waals surface area contributed by atoms with Crippen molar-refractivity contribution in [3.05, 3.63) is 53.5 Å². The SMILES string of the molecule is COc1cc(C(=O)Nc2ccc(F)cc2)c(C)cn1. The fourth-order valence-corrected chi connectivity index (χ4v) is 1.59. The van der Waals surface area contributed by atoms with Crippen LogP contribution in [-0.2, 0) is 0 Å². The summed E-state index contributed by atoms with van der Waals surface area (Å²) in [7, 11) is 1.49. The van der Waals surface area contributed by atoms with Crippen molar-refractivity contribution in [2.75, 3.05) is 12.4 Å². The number of ether oxygens (including phenoxy) is 1. The van der Waals surface area contributed by atoms with E-state index in [1.165, 1.54) is 31.4 Å². The van der Waals surface area contributed by atoms with Crippen molar-refractivity contribution in [3.8, 4) is 5.88 Å². The van der Waals surface area contributed by atoms with Gasteiger partial charge in [-0.3, -0.25) is 4.79 Å². The number of nitrogens with one attached hydrogen (secondary N) is 1. The molecule has 0 atom stereocenters. The van der Waals surface area contributed by atoms with Gasteiger partial charge in [0.05, 0.1) is 7.11 Å². The molecule has 0 bridgehead atoms. The molecule has 0 aliphatic heterocycles. The Morgan fingerprint density at radius 1 is 1.32 bits per heavy atom. The van der Waals surface area contributed by atoms with E-state index in [0.717, 1.165) is 5.56 Å². The Bertz CT molecular complexity index is 597. The maximum Gasteiger partial charge on any atom is 0.256 e. The first-order valence-corrected chi connectivity index (χ1v) is 5.67. The first-order chi connectivity index (χ1) is 9.10. The lowest BCUT2D eigenvalue weighted by Gasteiger charge is -2.08. The van der Waals surface area contributed by atoms with E-state index in [0.29, 0.717) is 17.1 Å². The predicted octanol–water partition coefficient (Wildman–Crippen LogP) is 2.79. The number of benzene rings is 1. The number of methoxy groups -OCH3 is 1. The Balaban J connectivity index is 2.22. The molecule has 0 aliphatic rings. The van der Waals surface area contributed by atoms with E-state index in [4.69, 9.17) is 4.74 Å². The summed E-state index contributed by atoms with van der Waals surface area (Å²) in [5, 5.41) is 2.69. The van der Waals surface area contributed by atoms with Crippen molar-refractivity contribution in [2.24, 2.45) is 0 Å². The first-order valence-electron chi connectivity index (χ1n) is 5.67. The second-order valence-corrected chi connectivity index (χ2v) is 4.00. The minimum absolute atomic E-state index is 0.287. The van der Waals surface area contributed by atoms with Crippen molar-refractivity contribution in [1.29, 1.82) is 0 Å². The molecule has 1 aromatic heterocycles. The number of carbonyl (C=O) groups is 1. The number of aromatic nitrogens is 1. The van der Waals surface area contributed by atoms with Gasteiger partial charge in [-0.15, -0.1) is 0 Å². The van der Waals surface area contributed by atoms with Crippen LogP contribution >= 0.6 is 0 Å². The normalized spacial score (nSPS) is 10.1. The third-order valence-corrected chi connectivity index (χ3v) is 2.63. The molecule has 4 nitrogen and oxygen atoms in total. The van der Waals surface area contributed by atoms with Crippen LogP contribution in [0.2, 0.25) is 0 Å². The molecular formula is C14H13FN2O2. The number of pyridine rings is 1. The molecule has 0 spiro atoms. The Morgan fingerprint density at radius 2 is 2.00 bits per heavy atom. The number of nitrogens with zero attached hydrogens (tertiary/aromatic N) is 1. The van der Waals surface area contributed by atoms with Crippen molar-refractivity contribution >= 4 is 11.6 Å². The number of anilines is 1. The molecular weight excluding hydrogens is 247 g/mol. The molecule has 0 radical (unpaired) electrons. The number of carbonyl (C=O) groups excluding carboxylic acids is 1. The van der Waals surface area contributed by atoms with Crippen molar-refractivity contribution in [2.45, 2.75) is 6.92 Å². The highest BCUT2D eigenvalue weighted by Crippen LogP contribution is 2.16. The summed E-state index contributed by atoms with van der Waals surface area (Å²) < 4.78 is 17.8. The Kier molecular flexibility index (Phi) is 3.75. The van der Waals surface area contributed by atoms with E-state index in [9.17, 15) is 9.18 Å². The molecule has 1 N–H and O–H groups in total. The zero-order valence-corrected chi connectivity index (χ0v) is 10.6. The fourth-order valence-electron chi connectivity index (χ4n) is 1.59. The molecule has 2 rings (SSSR count). The average molecular weight is 260 g/mol. The van der Waals surface area contributed by atoms with Gasteiger partial charge >= 0.3 is 0 Å². The van der Waals surface area contributed by atoms with Gasteiger partial charge < -0.3 is 10.1 Å². The third-order valence-electron chi connectivity index (χ3n) is 2.63. The Hall–Kier alpha value is -2.43. The van der Waals surface area contributed by atoms with Gasteiger partial charge in [-0.05, 0) is 36.8 Å². The summed E-state index contributed by atoms with van der Waals surface area (Å²) in [5.41, 5.74) is 1.73. The number of rotatable bonds is 3. The second kappa shape index (κ2) is 5.48. The van der Waals surface area contributed by atoms with Crippen LogP contribution in [-0.4, -0.2) is 18.0 Å². The topological polar surface area (TPSA) is 51.2 Å². The van der Waals surface area contributed by atoms with Gasteiger partial charge in [-0.2, -0.15) is 0 Å². The van der Waals surface area contributed by atoms with Gasteiger partial charge in [0.2, 0.25) is 5.88 Å². The Morgan fingerprint density at radius 3 is 2.63 bits per heavy atom. The number of halogens is 1. The molecule has 0 fully saturated rings. The van der Waals surface area contributed by atoms with Crippen LogP contribution in [0.3, 0.4) is 0 Å². The van der Waals surface area contributed by atoms with Gasteiger partial charge in [-0.1, -0.05) is 0 Å². The molecule has 0 saturated heterocycles. The zero-order valence-electron chi connectivity index (χ0n) is 10.6. The second-order valence-electron chi connectivity index (χ2n) is 4.00. The molecule has 0 saturated carbocycles. The van der Waals surface area contributed by atoms with Gasteiger partial charge in [0.25, 0.3) is 5.91 Å². The van der Waals surface area contributed by atoms with E-state index < -0.39 is 0 Å². The number of hydrogen-bond donors (Lipinski definition) is 1. The molecule has 5 heteroatoms. The van der Waals surface area contributed by atoms with Gasteiger partial charge in [0.15, 0.2) is 0 Å². The van der Waals surface area contributed by atoms with Crippen molar-refractivity contribution in [1.82, 2.24) is 4.98 Å². The van der Waals surface area contributed by atoms with Crippen LogP contribution in [0.15, 0.2) is 36.5 Å². The molecule has 1 heterocycles. The van der Waals surface area contributed by atoms with Crippen LogP contribution in [0.1, 0.15) is 15.9 Å². The quantitative estimate of drug-likeness (QED) is 0.923. The standard InChI is InChI=1S/C14H13FN2O2/c1-9-8-16-13(19-2)7-12(9)14(18)17-11-5-3-10(15)4-6-11/h3-8H,1-2H3,(H,17,18).